The molecule has 1 atom stereocenters. The van der Waals surface area contributed by atoms with Crippen molar-refractivity contribution < 1.29 is 0 Å². The van der Waals surface area contributed by atoms with Gasteiger partial charge < -0.3 is 10.6 Å². The van der Waals surface area contributed by atoms with E-state index in [0.29, 0.717) is 11.9 Å². The summed E-state index contributed by atoms with van der Waals surface area (Å²) in [6, 6.07) is 0.475. The van der Waals surface area contributed by atoms with Gasteiger partial charge in [0, 0.05) is 18.5 Å². The van der Waals surface area contributed by atoms with Crippen LogP contribution in [0.3, 0.4) is 0 Å². The molecule has 0 fully saturated rings. The number of aryl methyl sites for hydroxylation is 1. The zero-order chi connectivity index (χ0) is 14.0. The highest BCUT2D eigenvalue weighted by Crippen LogP contribution is 2.39. The molecule has 0 aliphatic rings. The van der Waals surface area contributed by atoms with E-state index in [1.54, 1.807) is 11.3 Å². The monoisotopic (exact) mass is 296 g/mol. The van der Waals surface area contributed by atoms with Gasteiger partial charge in [-0.15, -0.1) is 11.3 Å². The van der Waals surface area contributed by atoms with Crippen molar-refractivity contribution in [2.75, 3.05) is 17.7 Å². The quantitative estimate of drug-likeness (QED) is 0.912. The second kappa shape index (κ2) is 5.88. The van der Waals surface area contributed by atoms with Crippen molar-refractivity contribution in [2.45, 2.75) is 39.7 Å². The topological polar surface area (TPSA) is 55.0 Å². The average Bonchev–Trinajstić information content (AvgIpc) is 2.94. The van der Waals surface area contributed by atoms with Crippen LogP contribution in [0.25, 0.3) is 11.3 Å². The predicted octanol–water partition coefficient (Wildman–Crippen LogP) is 3.78. The smallest absolute Gasteiger partial charge is 0.148 e. The first-order valence-electron chi connectivity index (χ1n) is 6.45. The Labute approximate surface area is 122 Å². The van der Waals surface area contributed by atoms with E-state index in [1.807, 2.05) is 6.92 Å². The van der Waals surface area contributed by atoms with Crippen molar-refractivity contribution in [2.24, 2.45) is 0 Å². The SMILES string of the molecule is CCCC(C)N(C)c1snc(N)c1-c1csc(C)n1. The van der Waals surface area contributed by atoms with Crippen molar-refractivity contribution >= 4 is 33.7 Å². The minimum Gasteiger partial charge on any atom is -0.382 e. The molecule has 0 saturated heterocycles. The standard InChI is InChI=1S/C13H20N4S2/c1-5-6-8(2)17(4)13-11(12(14)16-19-13)10-7-18-9(3)15-10/h7-8H,5-6H2,1-4H3,(H2,14,16). The molecule has 2 heterocycles. The maximum atomic E-state index is 6.03. The van der Waals surface area contributed by atoms with Crippen molar-refractivity contribution in [3.63, 3.8) is 0 Å². The molecule has 0 saturated carbocycles. The van der Waals surface area contributed by atoms with Gasteiger partial charge in [-0.05, 0) is 31.8 Å². The van der Waals surface area contributed by atoms with E-state index in [4.69, 9.17) is 5.73 Å². The maximum absolute atomic E-state index is 6.03. The molecule has 1 unspecified atom stereocenters. The molecule has 2 N–H and O–H groups in total. The number of aromatic nitrogens is 2. The summed E-state index contributed by atoms with van der Waals surface area (Å²) in [7, 11) is 2.11. The molecule has 104 valence electrons. The Hall–Kier alpha value is -1.14. The van der Waals surface area contributed by atoms with E-state index >= 15 is 0 Å². The summed E-state index contributed by atoms with van der Waals surface area (Å²) in [6.45, 7) is 6.44. The molecule has 0 aliphatic heterocycles. The Kier molecular flexibility index (Phi) is 4.42. The van der Waals surface area contributed by atoms with E-state index < -0.39 is 0 Å². The van der Waals surface area contributed by atoms with Crippen LogP contribution in [-0.2, 0) is 0 Å². The van der Waals surface area contributed by atoms with E-state index in [1.165, 1.54) is 18.0 Å². The molecule has 0 aliphatic carbocycles. The lowest BCUT2D eigenvalue weighted by Crippen LogP contribution is -2.28. The van der Waals surface area contributed by atoms with Crippen molar-refractivity contribution in [3.8, 4) is 11.3 Å². The molecule has 0 spiro atoms. The molecule has 4 nitrogen and oxygen atoms in total. The minimum atomic E-state index is 0.475. The number of nitrogen functional groups attached to an aromatic ring is 1. The largest absolute Gasteiger partial charge is 0.382 e. The molecule has 0 radical (unpaired) electrons. The number of thiazole rings is 1. The van der Waals surface area contributed by atoms with Crippen LogP contribution in [0.15, 0.2) is 5.38 Å². The molecular weight excluding hydrogens is 276 g/mol. The molecule has 19 heavy (non-hydrogen) atoms. The van der Waals surface area contributed by atoms with Gasteiger partial charge in [-0.3, -0.25) is 0 Å². The number of rotatable bonds is 5. The first-order chi connectivity index (χ1) is 9.04. The molecule has 2 aromatic heterocycles. The van der Waals surface area contributed by atoms with Crippen molar-refractivity contribution in [1.82, 2.24) is 9.36 Å². The van der Waals surface area contributed by atoms with Crippen LogP contribution in [0.4, 0.5) is 10.8 Å². The average molecular weight is 296 g/mol. The normalized spacial score (nSPS) is 12.6. The molecular formula is C13H20N4S2. The van der Waals surface area contributed by atoms with Crippen molar-refractivity contribution in [3.05, 3.63) is 10.4 Å². The maximum Gasteiger partial charge on any atom is 0.148 e. The Bertz CT molecular complexity index is 547. The van der Waals surface area contributed by atoms with Crippen LogP contribution in [0.2, 0.25) is 0 Å². The highest BCUT2D eigenvalue weighted by molar-refractivity contribution is 7.11. The van der Waals surface area contributed by atoms with E-state index in [9.17, 15) is 0 Å². The van der Waals surface area contributed by atoms with Crippen molar-refractivity contribution in [1.29, 1.82) is 0 Å². The van der Waals surface area contributed by atoms with Crippen LogP contribution < -0.4 is 10.6 Å². The summed E-state index contributed by atoms with van der Waals surface area (Å²) in [5, 5.41) is 4.22. The predicted molar refractivity (Wildman–Crippen MR) is 85.1 cm³/mol. The number of hydrogen-bond donors (Lipinski definition) is 1. The fourth-order valence-electron chi connectivity index (χ4n) is 2.06. The van der Waals surface area contributed by atoms with Crippen LogP contribution in [0.5, 0.6) is 0 Å². The van der Waals surface area contributed by atoms with Gasteiger partial charge in [0.15, 0.2) is 0 Å². The lowest BCUT2D eigenvalue weighted by Gasteiger charge is -2.25. The lowest BCUT2D eigenvalue weighted by molar-refractivity contribution is 0.619. The third-order valence-electron chi connectivity index (χ3n) is 3.26. The van der Waals surface area contributed by atoms with E-state index in [2.05, 4.69) is 40.5 Å². The van der Waals surface area contributed by atoms with E-state index in [0.717, 1.165) is 27.7 Å². The van der Waals surface area contributed by atoms with E-state index in [-0.39, 0.29) is 0 Å². The lowest BCUT2D eigenvalue weighted by atomic mass is 10.1. The first kappa shape index (κ1) is 14.3. The van der Waals surface area contributed by atoms with Gasteiger partial charge in [0.2, 0.25) is 0 Å². The van der Waals surface area contributed by atoms with Gasteiger partial charge in [0.25, 0.3) is 0 Å². The molecule has 2 aromatic rings. The number of hydrogen-bond acceptors (Lipinski definition) is 6. The highest BCUT2D eigenvalue weighted by atomic mass is 32.1. The van der Waals surface area contributed by atoms with Crippen LogP contribution in [0, 0.1) is 6.92 Å². The summed E-state index contributed by atoms with van der Waals surface area (Å²) in [6.07, 6.45) is 2.33. The second-order valence-electron chi connectivity index (χ2n) is 4.75. The first-order valence-corrected chi connectivity index (χ1v) is 8.10. The van der Waals surface area contributed by atoms with Crippen LogP contribution >= 0.6 is 22.9 Å². The molecule has 2 rings (SSSR count). The Morgan fingerprint density at radius 3 is 2.79 bits per heavy atom. The Morgan fingerprint density at radius 2 is 2.21 bits per heavy atom. The zero-order valence-corrected chi connectivity index (χ0v) is 13.4. The van der Waals surface area contributed by atoms with Crippen LogP contribution in [-0.4, -0.2) is 22.4 Å². The van der Waals surface area contributed by atoms with Gasteiger partial charge in [-0.1, -0.05) is 13.3 Å². The fraction of sp³-hybridized carbons (Fsp3) is 0.538. The summed E-state index contributed by atoms with van der Waals surface area (Å²) >= 11 is 3.10. The van der Waals surface area contributed by atoms with Gasteiger partial charge in [0.1, 0.15) is 10.8 Å². The minimum absolute atomic E-state index is 0.475. The second-order valence-corrected chi connectivity index (χ2v) is 6.56. The van der Waals surface area contributed by atoms with Gasteiger partial charge in [0.05, 0.1) is 16.3 Å². The Balaban J connectivity index is 2.37. The number of nitrogens with zero attached hydrogens (tertiary/aromatic N) is 3. The summed E-state index contributed by atoms with van der Waals surface area (Å²) in [5.74, 6) is 0.584. The molecule has 0 amide bonds. The fourth-order valence-corrected chi connectivity index (χ4v) is 3.55. The summed E-state index contributed by atoms with van der Waals surface area (Å²) in [4.78, 5) is 6.81. The third kappa shape index (κ3) is 2.90. The van der Waals surface area contributed by atoms with Gasteiger partial charge in [-0.2, -0.15) is 4.37 Å². The number of anilines is 2. The van der Waals surface area contributed by atoms with Gasteiger partial charge >= 0.3 is 0 Å². The summed E-state index contributed by atoms with van der Waals surface area (Å²) in [5.41, 5.74) is 7.96. The molecule has 0 bridgehead atoms. The van der Waals surface area contributed by atoms with Crippen LogP contribution in [0.1, 0.15) is 31.7 Å². The summed E-state index contributed by atoms with van der Waals surface area (Å²) < 4.78 is 4.31. The molecule has 6 heteroatoms. The zero-order valence-electron chi connectivity index (χ0n) is 11.8. The highest BCUT2D eigenvalue weighted by Gasteiger charge is 2.21. The number of nitrogens with two attached hydrogens (primary N) is 1. The van der Waals surface area contributed by atoms with Gasteiger partial charge in [-0.25, -0.2) is 4.98 Å². The molecule has 0 aromatic carbocycles. The third-order valence-corrected chi connectivity index (χ3v) is 4.99. The Morgan fingerprint density at radius 1 is 1.47 bits per heavy atom.